The molecule has 2 aliphatic rings. The number of hydrogen-bond donors (Lipinski definition) is 4. The summed E-state index contributed by atoms with van der Waals surface area (Å²) in [4.78, 5) is 38.2. The molecule has 0 bridgehead atoms. The molecule has 3 aromatic rings. The fourth-order valence-electron chi connectivity index (χ4n) is 3.14. The molecule has 2 aromatic heterocycles. The lowest BCUT2D eigenvalue weighted by Crippen LogP contribution is -2.22. The zero-order valence-electron chi connectivity index (χ0n) is 16.0. The second kappa shape index (κ2) is 7.09. The molecule has 156 valence electrons. The molecule has 1 aliphatic heterocycles. The van der Waals surface area contributed by atoms with Gasteiger partial charge in [0.2, 0.25) is 0 Å². The molecule has 1 saturated heterocycles. The predicted octanol–water partition coefficient (Wildman–Crippen LogP) is 2.14. The van der Waals surface area contributed by atoms with Gasteiger partial charge in [-0.1, -0.05) is 0 Å². The summed E-state index contributed by atoms with van der Waals surface area (Å²) in [6.07, 6.45) is 5.17. The number of hydrogen-bond acceptors (Lipinski definition) is 8. The number of nitro benzene ring substituents is 1. The van der Waals surface area contributed by atoms with E-state index in [4.69, 9.17) is 0 Å². The van der Waals surface area contributed by atoms with Gasteiger partial charge < -0.3 is 16.0 Å². The monoisotopic (exact) mass is 420 g/mol. The quantitative estimate of drug-likeness (QED) is 0.205. The fourth-order valence-corrected chi connectivity index (χ4v) is 3.14. The first-order valence-corrected chi connectivity index (χ1v) is 9.47. The zero-order chi connectivity index (χ0) is 21.5. The van der Waals surface area contributed by atoms with Crippen LogP contribution in [0.4, 0.5) is 27.8 Å². The minimum absolute atomic E-state index is 0.00774. The van der Waals surface area contributed by atoms with Gasteiger partial charge in [-0.2, -0.15) is 9.61 Å². The standard InChI is InChI=1S/C19H16N8O4/c28-18-14(23-19(29)25-18)7-10-9-20-26-16(22-12-1-2-12)8-15(24-17(10)26)21-11-3-5-13(6-4-11)27(30)31/h3-9,12,22H,1-2H2,(H,21,24)(H2,23,25,28,29). The number of nitro groups is 1. The van der Waals surface area contributed by atoms with E-state index >= 15 is 0 Å². The van der Waals surface area contributed by atoms with Crippen LogP contribution in [-0.4, -0.2) is 37.5 Å². The molecular formula is C19H16N8O4. The number of rotatable bonds is 6. The van der Waals surface area contributed by atoms with Crippen molar-refractivity contribution in [2.75, 3.05) is 10.6 Å². The first kappa shape index (κ1) is 18.5. The van der Waals surface area contributed by atoms with E-state index in [-0.39, 0.29) is 11.4 Å². The number of fused-ring (bicyclic) bond motifs is 1. The molecule has 1 saturated carbocycles. The van der Waals surface area contributed by atoms with Crippen molar-refractivity contribution in [2.24, 2.45) is 0 Å². The Morgan fingerprint density at radius 3 is 2.61 bits per heavy atom. The number of urea groups is 1. The summed E-state index contributed by atoms with van der Waals surface area (Å²) in [6, 6.07) is 7.55. The number of benzene rings is 1. The lowest BCUT2D eigenvalue weighted by molar-refractivity contribution is -0.384. The van der Waals surface area contributed by atoms with Crippen molar-refractivity contribution in [3.05, 3.63) is 57.9 Å². The van der Waals surface area contributed by atoms with Crippen LogP contribution in [0.1, 0.15) is 18.4 Å². The number of nitrogens with zero attached hydrogens (tertiary/aromatic N) is 4. The van der Waals surface area contributed by atoms with Crippen molar-refractivity contribution in [3.63, 3.8) is 0 Å². The Hall–Kier alpha value is -4.48. The van der Waals surface area contributed by atoms with Crippen LogP contribution >= 0.6 is 0 Å². The topological polar surface area (TPSA) is 156 Å². The Balaban J connectivity index is 1.53. The SMILES string of the molecule is O=C1NC(=O)C(=Cc2cnn3c(NC4CC4)cc(Nc4ccc([N+](=O)[O-])cc4)nc23)N1. The number of carbonyl (C=O) groups is 2. The van der Waals surface area contributed by atoms with Crippen LogP contribution in [0.3, 0.4) is 0 Å². The normalized spacial score (nSPS) is 17.0. The average Bonchev–Trinajstić information content (AvgIpc) is 3.37. The third kappa shape index (κ3) is 3.73. The smallest absolute Gasteiger partial charge is 0.326 e. The number of anilines is 3. The van der Waals surface area contributed by atoms with E-state index in [9.17, 15) is 19.7 Å². The van der Waals surface area contributed by atoms with Gasteiger partial charge in [-0.05, 0) is 31.1 Å². The van der Waals surface area contributed by atoms with Crippen LogP contribution in [0, 0.1) is 10.1 Å². The number of nitrogens with one attached hydrogen (secondary N) is 4. The maximum absolute atomic E-state index is 11.9. The van der Waals surface area contributed by atoms with E-state index in [1.807, 2.05) is 0 Å². The lowest BCUT2D eigenvalue weighted by atomic mass is 10.2. The highest BCUT2D eigenvalue weighted by atomic mass is 16.6. The van der Waals surface area contributed by atoms with Gasteiger partial charge in [-0.25, -0.2) is 9.78 Å². The van der Waals surface area contributed by atoms with E-state index in [0.717, 1.165) is 12.8 Å². The predicted molar refractivity (Wildman–Crippen MR) is 111 cm³/mol. The largest absolute Gasteiger partial charge is 0.367 e. The highest BCUT2D eigenvalue weighted by Crippen LogP contribution is 2.28. The number of amides is 3. The molecule has 3 heterocycles. The number of carbonyl (C=O) groups excluding carboxylic acids is 2. The van der Waals surface area contributed by atoms with Gasteiger partial charge in [0.1, 0.15) is 17.3 Å². The van der Waals surface area contributed by atoms with Gasteiger partial charge in [0.05, 0.1) is 11.1 Å². The molecule has 0 unspecified atom stereocenters. The van der Waals surface area contributed by atoms with Crippen molar-refractivity contribution in [1.82, 2.24) is 25.2 Å². The lowest BCUT2D eigenvalue weighted by Gasteiger charge is -2.11. The summed E-state index contributed by atoms with van der Waals surface area (Å²) in [6.45, 7) is 0. The molecule has 1 aromatic carbocycles. The second-order valence-electron chi connectivity index (χ2n) is 7.18. The fraction of sp³-hybridized carbons (Fsp3) is 0.158. The van der Waals surface area contributed by atoms with E-state index in [1.54, 1.807) is 28.9 Å². The maximum atomic E-state index is 11.9. The molecule has 31 heavy (non-hydrogen) atoms. The number of non-ortho nitro benzene ring substituents is 1. The summed E-state index contributed by atoms with van der Waals surface area (Å²) in [5.74, 6) is 0.673. The highest BCUT2D eigenvalue weighted by Gasteiger charge is 2.25. The van der Waals surface area contributed by atoms with Crippen molar-refractivity contribution in [2.45, 2.75) is 18.9 Å². The minimum Gasteiger partial charge on any atom is -0.367 e. The van der Waals surface area contributed by atoms with Gasteiger partial charge in [-0.15, -0.1) is 0 Å². The maximum Gasteiger partial charge on any atom is 0.326 e. The summed E-state index contributed by atoms with van der Waals surface area (Å²) in [5, 5.41) is 26.3. The summed E-state index contributed by atoms with van der Waals surface area (Å²) in [5.41, 5.74) is 1.73. The molecule has 1 aliphatic carbocycles. The van der Waals surface area contributed by atoms with Crippen molar-refractivity contribution >= 4 is 46.7 Å². The molecular weight excluding hydrogens is 404 g/mol. The molecule has 0 atom stereocenters. The molecule has 0 spiro atoms. The van der Waals surface area contributed by atoms with Crippen LogP contribution in [0.15, 0.2) is 42.2 Å². The summed E-state index contributed by atoms with van der Waals surface area (Å²) < 4.78 is 1.63. The van der Waals surface area contributed by atoms with Crippen LogP contribution in [0.25, 0.3) is 11.7 Å². The summed E-state index contributed by atoms with van der Waals surface area (Å²) in [7, 11) is 0. The number of aromatic nitrogens is 3. The Morgan fingerprint density at radius 2 is 1.97 bits per heavy atom. The first-order chi connectivity index (χ1) is 15.0. The van der Waals surface area contributed by atoms with Crippen LogP contribution < -0.4 is 21.3 Å². The van der Waals surface area contributed by atoms with Crippen LogP contribution in [0.2, 0.25) is 0 Å². The number of imide groups is 1. The van der Waals surface area contributed by atoms with E-state index in [2.05, 4.69) is 31.3 Å². The minimum atomic E-state index is -0.586. The molecule has 3 amide bonds. The van der Waals surface area contributed by atoms with Gasteiger partial charge in [0.25, 0.3) is 11.6 Å². The van der Waals surface area contributed by atoms with Gasteiger partial charge in [-0.3, -0.25) is 20.2 Å². The van der Waals surface area contributed by atoms with Crippen molar-refractivity contribution in [3.8, 4) is 0 Å². The Bertz CT molecular complexity index is 1260. The highest BCUT2D eigenvalue weighted by molar-refractivity contribution is 6.14. The first-order valence-electron chi connectivity index (χ1n) is 9.47. The van der Waals surface area contributed by atoms with Crippen LogP contribution in [0.5, 0.6) is 0 Å². The van der Waals surface area contributed by atoms with Gasteiger partial charge >= 0.3 is 6.03 Å². The second-order valence-corrected chi connectivity index (χ2v) is 7.18. The van der Waals surface area contributed by atoms with Crippen LogP contribution in [-0.2, 0) is 4.79 Å². The van der Waals surface area contributed by atoms with E-state index < -0.39 is 16.9 Å². The Morgan fingerprint density at radius 1 is 1.19 bits per heavy atom. The third-order valence-electron chi connectivity index (χ3n) is 4.80. The molecule has 5 rings (SSSR count). The third-order valence-corrected chi connectivity index (χ3v) is 4.80. The van der Waals surface area contributed by atoms with E-state index in [0.29, 0.717) is 34.6 Å². The Labute approximate surface area is 174 Å². The Kier molecular flexibility index (Phi) is 4.24. The van der Waals surface area contributed by atoms with Crippen molar-refractivity contribution < 1.29 is 14.5 Å². The van der Waals surface area contributed by atoms with Gasteiger partial charge in [0, 0.05) is 35.5 Å². The zero-order valence-corrected chi connectivity index (χ0v) is 16.0. The van der Waals surface area contributed by atoms with Crippen molar-refractivity contribution in [1.29, 1.82) is 0 Å². The molecule has 12 nitrogen and oxygen atoms in total. The van der Waals surface area contributed by atoms with E-state index in [1.165, 1.54) is 18.2 Å². The van der Waals surface area contributed by atoms with Gasteiger partial charge in [0.15, 0.2) is 5.65 Å². The molecule has 0 radical (unpaired) electrons. The molecule has 12 heteroatoms. The average molecular weight is 420 g/mol. The molecule has 2 fully saturated rings. The summed E-state index contributed by atoms with van der Waals surface area (Å²) >= 11 is 0. The molecule has 4 N–H and O–H groups in total.